The van der Waals surface area contributed by atoms with E-state index >= 15 is 0 Å². The number of hydrogen-bond acceptors (Lipinski definition) is 2. The van der Waals surface area contributed by atoms with Crippen molar-refractivity contribution in [3.63, 3.8) is 0 Å². The Hall–Kier alpha value is -0.650. The summed E-state index contributed by atoms with van der Waals surface area (Å²) in [5, 5.41) is 0. The predicted molar refractivity (Wildman–Crippen MR) is 66.5 cm³/mol. The summed E-state index contributed by atoms with van der Waals surface area (Å²) in [5.74, 6) is 0.250. The summed E-state index contributed by atoms with van der Waals surface area (Å²) in [7, 11) is 0. The van der Waals surface area contributed by atoms with Crippen molar-refractivity contribution in [1.82, 2.24) is 0 Å². The average molecular weight is 349 g/mol. The first-order valence-electron chi connectivity index (χ1n) is 4.52. The van der Waals surface area contributed by atoms with Crippen LogP contribution in [0.15, 0.2) is 43.9 Å². The standard InChI is InChI=1S/C11H8Br2FNO/c12-7-3-6(4-8(14)5-7)10(15)11-9(13)1-2-16-11/h1-5,10H,15H2. The van der Waals surface area contributed by atoms with Crippen LogP contribution < -0.4 is 5.73 Å². The topological polar surface area (TPSA) is 39.2 Å². The van der Waals surface area contributed by atoms with Crippen LogP contribution in [-0.4, -0.2) is 0 Å². The molecule has 0 fully saturated rings. The second-order valence-corrected chi connectivity index (χ2v) is 5.08. The van der Waals surface area contributed by atoms with Crippen LogP contribution in [-0.2, 0) is 0 Å². The largest absolute Gasteiger partial charge is 0.466 e. The quantitative estimate of drug-likeness (QED) is 0.891. The van der Waals surface area contributed by atoms with Crippen molar-refractivity contribution in [2.24, 2.45) is 5.73 Å². The zero-order chi connectivity index (χ0) is 11.7. The van der Waals surface area contributed by atoms with E-state index in [0.29, 0.717) is 15.8 Å². The van der Waals surface area contributed by atoms with Gasteiger partial charge in [-0.05, 0) is 45.8 Å². The lowest BCUT2D eigenvalue weighted by atomic mass is 10.1. The molecule has 16 heavy (non-hydrogen) atoms. The van der Waals surface area contributed by atoms with E-state index in [1.54, 1.807) is 12.1 Å². The number of halogens is 3. The first kappa shape index (κ1) is 11.8. The van der Waals surface area contributed by atoms with E-state index in [1.165, 1.54) is 18.4 Å². The fourth-order valence-corrected chi connectivity index (χ4v) is 2.36. The van der Waals surface area contributed by atoms with Crippen molar-refractivity contribution in [1.29, 1.82) is 0 Å². The van der Waals surface area contributed by atoms with Gasteiger partial charge in [0.25, 0.3) is 0 Å². The monoisotopic (exact) mass is 347 g/mol. The number of rotatable bonds is 2. The molecule has 2 N–H and O–H groups in total. The van der Waals surface area contributed by atoms with Gasteiger partial charge in [-0.15, -0.1) is 0 Å². The minimum atomic E-state index is -0.489. The molecule has 2 aromatic rings. The Morgan fingerprint density at radius 2 is 2.00 bits per heavy atom. The van der Waals surface area contributed by atoms with E-state index in [-0.39, 0.29) is 5.82 Å². The van der Waals surface area contributed by atoms with Crippen molar-refractivity contribution in [3.8, 4) is 0 Å². The Kier molecular flexibility index (Phi) is 3.47. The molecule has 2 nitrogen and oxygen atoms in total. The molecule has 5 heteroatoms. The Balaban J connectivity index is 2.41. The molecule has 0 aliphatic rings. The van der Waals surface area contributed by atoms with Crippen molar-refractivity contribution >= 4 is 31.9 Å². The lowest BCUT2D eigenvalue weighted by Crippen LogP contribution is -2.11. The molecule has 1 unspecified atom stereocenters. The van der Waals surface area contributed by atoms with E-state index in [0.717, 1.165) is 4.47 Å². The smallest absolute Gasteiger partial charge is 0.139 e. The van der Waals surface area contributed by atoms with Crippen molar-refractivity contribution in [3.05, 3.63) is 56.6 Å². The van der Waals surface area contributed by atoms with Gasteiger partial charge in [0.05, 0.1) is 16.8 Å². The molecule has 2 rings (SSSR count). The molecule has 1 heterocycles. The minimum Gasteiger partial charge on any atom is -0.466 e. The van der Waals surface area contributed by atoms with Crippen molar-refractivity contribution < 1.29 is 8.81 Å². The zero-order valence-corrected chi connectivity index (χ0v) is 11.3. The van der Waals surface area contributed by atoms with Gasteiger partial charge in [0, 0.05) is 4.47 Å². The third-order valence-electron chi connectivity index (χ3n) is 2.17. The maximum absolute atomic E-state index is 13.2. The van der Waals surface area contributed by atoms with Crippen LogP contribution in [0.25, 0.3) is 0 Å². The molecular weight excluding hydrogens is 341 g/mol. The number of benzene rings is 1. The van der Waals surface area contributed by atoms with Crippen LogP contribution in [0.4, 0.5) is 4.39 Å². The second kappa shape index (κ2) is 4.69. The molecule has 84 valence electrons. The number of hydrogen-bond donors (Lipinski definition) is 1. The average Bonchev–Trinajstić information content (AvgIpc) is 2.62. The molecule has 0 amide bonds. The maximum Gasteiger partial charge on any atom is 0.139 e. The highest BCUT2D eigenvalue weighted by Gasteiger charge is 2.16. The summed E-state index contributed by atoms with van der Waals surface area (Å²) in [4.78, 5) is 0. The van der Waals surface area contributed by atoms with Gasteiger partial charge >= 0.3 is 0 Å². The van der Waals surface area contributed by atoms with E-state index in [4.69, 9.17) is 10.2 Å². The van der Waals surface area contributed by atoms with E-state index in [9.17, 15) is 4.39 Å². The minimum absolute atomic E-state index is 0.331. The number of nitrogens with two attached hydrogens (primary N) is 1. The Morgan fingerprint density at radius 3 is 2.56 bits per heavy atom. The Labute approximate surface area is 109 Å². The molecule has 0 radical (unpaired) electrons. The summed E-state index contributed by atoms with van der Waals surface area (Å²) in [5.41, 5.74) is 6.64. The van der Waals surface area contributed by atoms with Crippen LogP contribution in [0.1, 0.15) is 17.4 Å². The first-order valence-corrected chi connectivity index (χ1v) is 6.11. The summed E-state index contributed by atoms with van der Waals surface area (Å²) in [6, 6.07) is 5.81. The van der Waals surface area contributed by atoms with Gasteiger partial charge in [0.1, 0.15) is 11.6 Å². The third-order valence-corrected chi connectivity index (χ3v) is 3.28. The van der Waals surface area contributed by atoms with E-state index in [2.05, 4.69) is 31.9 Å². The van der Waals surface area contributed by atoms with Gasteiger partial charge in [0.15, 0.2) is 0 Å². The zero-order valence-electron chi connectivity index (χ0n) is 8.08. The Morgan fingerprint density at radius 1 is 1.25 bits per heavy atom. The molecule has 0 aliphatic heterocycles. The lowest BCUT2D eigenvalue weighted by Gasteiger charge is -2.10. The fourth-order valence-electron chi connectivity index (χ4n) is 1.43. The maximum atomic E-state index is 13.2. The molecule has 1 atom stereocenters. The fraction of sp³-hybridized carbons (Fsp3) is 0.0909. The highest BCUT2D eigenvalue weighted by atomic mass is 79.9. The first-order chi connectivity index (χ1) is 7.58. The number of furan rings is 1. The second-order valence-electron chi connectivity index (χ2n) is 3.31. The molecule has 1 aromatic carbocycles. The molecule has 0 aliphatic carbocycles. The summed E-state index contributed by atoms with van der Waals surface area (Å²) < 4.78 is 19.9. The Bertz CT molecular complexity index is 492. The van der Waals surface area contributed by atoms with Gasteiger partial charge in [0.2, 0.25) is 0 Å². The van der Waals surface area contributed by atoms with Crippen LogP contribution in [0.2, 0.25) is 0 Å². The third kappa shape index (κ3) is 2.36. The van der Waals surface area contributed by atoms with Crippen LogP contribution in [0.5, 0.6) is 0 Å². The SMILES string of the molecule is NC(c1cc(F)cc(Br)c1)c1occc1Br. The molecule has 0 saturated carbocycles. The summed E-state index contributed by atoms with van der Waals surface area (Å²) in [6.07, 6.45) is 1.54. The van der Waals surface area contributed by atoms with Crippen molar-refractivity contribution in [2.45, 2.75) is 6.04 Å². The predicted octanol–water partition coefficient (Wildman–Crippen LogP) is 3.99. The van der Waals surface area contributed by atoms with Crippen molar-refractivity contribution in [2.75, 3.05) is 0 Å². The van der Waals surface area contributed by atoms with E-state index in [1.807, 2.05) is 0 Å². The highest BCUT2D eigenvalue weighted by Crippen LogP contribution is 2.29. The summed E-state index contributed by atoms with van der Waals surface area (Å²) >= 11 is 6.55. The van der Waals surface area contributed by atoms with Gasteiger partial charge in [-0.3, -0.25) is 0 Å². The van der Waals surface area contributed by atoms with Crippen LogP contribution in [0.3, 0.4) is 0 Å². The summed E-state index contributed by atoms with van der Waals surface area (Å²) in [6.45, 7) is 0. The molecule has 0 bridgehead atoms. The van der Waals surface area contributed by atoms with Gasteiger partial charge in [-0.1, -0.05) is 15.9 Å². The van der Waals surface area contributed by atoms with Gasteiger partial charge in [-0.25, -0.2) is 4.39 Å². The normalized spacial score (nSPS) is 12.8. The van der Waals surface area contributed by atoms with Gasteiger partial charge < -0.3 is 10.2 Å². The lowest BCUT2D eigenvalue weighted by molar-refractivity contribution is 0.486. The van der Waals surface area contributed by atoms with Gasteiger partial charge in [-0.2, -0.15) is 0 Å². The van der Waals surface area contributed by atoms with Crippen LogP contribution in [0, 0.1) is 5.82 Å². The molecular formula is C11H8Br2FNO. The van der Waals surface area contributed by atoms with E-state index < -0.39 is 6.04 Å². The molecule has 0 saturated heterocycles. The highest BCUT2D eigenvalue weighted by molar-refractivity contribution is 9.10. The molecule has 0 spiro atoms. The molecule has 1 aromatic heterocycles. The van der Waals surface area contributed by atoms with Crippen LogP contribution >= 0.6 is 31.9 Å².